The summed E-state index contributed by atoms with van der Waals surface area (Å²) in [5, 5.41) is 3.24. The topological polar surface area (TPSA) is 45.4 Å². The first-order chi connectivity index (χ1) is 8.33. The largest absolute Gasteiger partial charge is 0.346 e. The van der Waals surface area contributed by atoms with Crippen LogP contribution in [0, 0.1) is 0 Å². The van der Waals surface area contributed by atoms with Crippen molar-refractivity contribution < 1.29 is 0 Å². The molecule has 2 N–H and O–H groups in total. The molecule has 1 aromatic heterocycles. The van der Waals surface area contributed by atoms with Gasteiger partial charge in [-0.2, -0.15) is 0 Å². The highest BCUT2D eigenvalue weighted by Gasteiger charge is 2.30. The van der Waals surface area contributed by atoms with Crippen molar-refractivity contribution in [3.63, 3.8) is 0 Å². The first-order valence-corrected chi connectivity index (χ1v) is 7.35. The monoisotopic (exact) mass is 252 g/mol. The minimum absolute atomic E-state index is 0.433. The maximum absolute atomic E-state index is 5.95. The van der Waals surface area contributed by atoms with Crippen LogP contribution in [0.5, 0.6) is 0 Å². The van der Waals surface area contributed by atoms with Crippen molar-refractivity contribution in [2.75, 3.05) is 31.1 Å². The molecule has 17 heavy (non-hydrogen) atoms. The molecular formula is C12H20N4S. The highest BCUT2D eigenvalue weighted by atomic mass is 32.1. The smallest absolute Gasteiger partial charge is 0.185 e. The maximum atomic E-state index is 5.95. The summed E-state index contributed by atoms with van der Waals surface area (Å²) in [6, 6.07) is 1.15. The van der Waals surface area contributed by atoms with E-state index in [1.165, 1.54) is 24.6 Å². The van der Waals surface area contributed by atoms with Crippen molar-refractivity contribution in [2.24, 2.45) is 5.73 Å². The third-order valence-electron chi connectivity index (χ3n) is 3.94. The van der Waals surface area contributed by atoms with Gasteiger partial charge >= 0.3 is 0 Å². The van der Waals surface area contributed by atoms with Crippen molar-refractivity contribution in [3.8, 4) is 0 Å². The van der Waals surface area contributed by atoms with Crippen LogP contribution >= 0.6 is 11.3 Å². The van der Waals surface area contributed by atoms with E-state index in [0.717, 1.165) is 25.9 Å². The average molecular weight is 252 g/mol. The number of thiazole rings is 1. The zero-order valence-electron chi connectivity index (χ0n) is 10.1. The quantitative estimate of drug-likeness (QED) is 0.857. The van der Waals surface area contributed by atoms with Crippen molar-refractivity contribution >= 4 is 16.5 Å². The number of aromatic nitrogens is 1. The van der Waals surface area contributed by atoms with Crippen LogP contribution in [-0.2, 0) is 0 Å². The third-order valence-corrected chi connectivity index (χ3v) is 4.78. The van der Waals surface area contributed by atoms with Gasteiger partial charge in [0.2, 0.25) is 0 Å². The number of anilines is 1. The van der Waals surface area contributed by atoms with Gasteiger partial charge in [-0.1, -0.05) is 0 Å². The van der Waals surface area contributed by atoms with Gasteiger partial charge in [-0.25, -0.2) is 4.98 Å². The normalized spacial score (nSPS) is 27.8. The molecule has 2 fully saturated rings. The minimum Gasteiger partial charge on any atom is -0.346 e. The fraction of sp³-hybridized carbons (Fsp3) is 0.750. The van der Waals surface area contributed by atoms with Gasteiger partial charge in [-0.3, -0.25) is 4.90 Å². The lowest BCUT2D eigenvalue weighted by molar-refractivity contribution is 0.163. The molecule has 0 radical (unpaired) electrons. The summed E-state index contributed by atoms with van der Waals surface area (Å²) >= 11 is 1.75. The second-order valence-corrected chi connectivity index (χ2v) is 5.95. The van der Waals surface area contributed by atoms with E-state index >= 15 is 0 Å². The molecule has 94 valence electrons. The molecule has 0 spiro atoms. The fourth-order valence-electron chi connectivity index (χ4n) is 2.87. The van der Waals surface area contributed by atoms with Gasteiger partial charge in [0, 0.05) is 36.8 Å². The first-order valence-electron chi connectivity index (χ1n) is 6.47. The summed E-state index contributed by atoms with van der Waals surface area (Å²) in [6.45, 7) is 4.65. The molecule has 0 amide bonds. The predicted molar refractivity (Wildman–Crippen MR) is 71.5 cm³/mol. The van der Waals surface area contributed by atoms with Crippen LogP contribution < -0.4 is 10.6 Å². The number of hydrogen-bond donors (Lipinski definition) is 1. The van der Waals surface area contributed by atoms with Crippen LogP contribution in [0.3, 0.4) is 0 Å². The minimum atomic E-state index is 0.433. The number of likely N-dealkylation sites (tertiary alicyclic amines) is 1. The molecule has 0 saturated carbocycles. The molecule has 1 unspecified atom stereocenters. The van der Waals surface area contributed by atoms with Gasteiger partial charge in [0.1, 0.15) is 0 Å². The van der Waals surface area contributed by atoms with Crippen LogP contribution in [-0.4, -0.2) is 48.1 Å². The van der Waals surface area contributed by atoms with Gasteiger partial charge in [-0.05, 0) is 32.4 Å². The van der Waals surface area contributed by atoms with Crippen LogP contribution in [0.25, 0.3) is 0 Å². The number of rotatable bonds is 2. The molecule has 1 atom stereocenters. The highest BCUT2D eigenvalue weighted by Crippen LogP contribution is 2.26. The Labute approximate surface area is 106 Å². The molecule has 1 aromatic rings. The molecule has 2 aliphatic rings. The fourth-order valence-corrected chi connectivity index (χ4v) is 3.55. The van der Waals surface area contributed by atoms with Gasteiger partial charge in [0.15, 0.2) is 5.13 Å². The lowest BCUT2D eigenvalue weighted by atomic mass is 10.0. The molecule has 0 aliphatic carbocycles. The molecular weight excluding hydrogens is 232 g/mol. The summed E-state index contributed by atoms with van der Waals surface area (Å²) < 4.78 is 0. The lowest BCUT2D eigenvalue weighted by Gasteiger charge is -2.34. The number of piperidine rings is 1. The second kappa shape index (κ2) is 4.92. The SMILES string of the molecule is NC1CCN(C2CCN(c3nccs3)C2)CC1. The van der Waals surface area contributed by atoms with Crippen molar-refractivity contribution in [3.05, 3.63) is 11.6 Å². The van der Waals surface area contributed by atoms with E-state index in [2.05, 4.69) is 20.2 Å². The van der Waals surface area contributed by atoms with Crippen molar-refractivity contribution in [1.29, 1.82) is 0 Å². The summed E-state index contributed by atoms with van der Waals surface area (Å²) in [6.07, 6.45) is 5.49. The Morgan fingerprint density at radius 1 is 1.24 bits per heavy atom. The second-order valence-electron chi connectivity index (χ2n) is 5.08. The summed E-state index contributed by atoms with van der Waals surface area (Å²) in [5.74, 6) is 0. The summed E-state index contributed by atoms with van der Waals surface area (Å²) in [7, 11) is 0. The van der Waals surface area contributed by atoms with E-state index in [-0.39, 0.29) is 0 Å². The van der Waals surface area contributed by atoms with E-state index in [1.807, 2.05) is 6.20 Å². The molecule has 3 rings (SSSR count). The van der Waals surface area contributed by atoms with Crippen molar-refractivity contribution in [2.45, 2.75) is 31.3 Å². The standard InChI is InChI=1S/C12H20N4S/c13-10-1-5-15(6-2-10)11-3-7-16(9-11)12-14-4-8-17-12/h4,8,10-11H,1-3,5-7,9,13H2. The van der Waals surface area contributed by atoms with E-state index in [9.17, 15) is 0 Å². The molecule has 0 bridgehead atoms. The molecule has 5 heteroatoms. The Kier molecular flexibility index (Phi) is 3.31. The number of nitrogens with two attached hydrogens (primary N) is 1. The Bertz CT molecular complexity index is 345. The van der Waals surface area contributed by atoms with E-state index < -0.39 is 0 Å². The van der Waals surface area contributed by atoms with Gasteiger partial charge in [-0.15, -0.1) is 11.3 Å². The van der Waals surface area contributed by atoms with Gasteiger partial charge in [0.25, 0.3) is 0 Å². The summed E-state index contributed by atoms with van der Waals surface area (Å²) in [5.41, 5.74) is 5.95. The molecule has 2 saturated heterocycles. The van der Waals surface area contributed by atoms with Crippen LogP contribution in [0.1, 0.15) is 19.3 Å². The molecule has 2 aliphatic heterocycles. The number of nitrogens with zero attached hydrogens (tertiary/aromatic N) is 3. The van der Waals surface area contributed by atoms with Crippen LogP contribution in [0.15, 0.2) is 11.6 Å². The first kappa shape index (κ1) is 11.4. The van der Waals surface area contributed by atoms with Crippen molar-refractivity contribution in [1.82, 2.24) is 9.88 Å². The molecule has 0 aromatic carbocycles. The van der Waals surface area contributed by atoms with E-state index in [1.54, 1.807) is 11.3 Å². The molecule has 4 nitrogen and oxygen atoms in total. The Morgan fingerprint density at radius 3 is 2.76 bits per heavy atom. The van der Waals surface area contributed by atoms with Crippen LogP contribution in [0.4, 0.5) is 5.13 Å². The zero-order valence-corrected chi connectivity index (χ0v) is 10.9. The zero-order chi connectivity index (χ0) is 11.7. The summed E-state index contributed by atoms with van der Waals surface area (Å²) in [4.78, 5) is 9.44. The van der Waals surface area contributed by atoms with E-state index in [4.69, 9.17) is 5.73 Å². The third kappa shape index (κ3) is 2.46. The number of hydrogen-bond acceptors (Lipinski definition) is 5. The van der Waals surface area contributed by atoms with Gasteiger partial charge in [0.05, 0.1) is 0 Å². The Morgan fingerprint density at radius 2 is 2.06 bits per heavy atom. The predicted octanol–water partition coefficient (Wildman–Crippen LogP) is 1.14. The van der Waals surface area contributed by atoms with Gasteiger partial charge < -0.3 is 10.6 Å². The molecule has 3 heterocycles. The maximum Gasteiger partial charge on any atom is 0.185 e. The average Bonchev–Trinajstić information content (AvgIpc) is 3.00. The Balaban J connectivity index is 1.57. The lowest BCUT2D eigenvalue weighted by Crippen LogP contribution is -2.46. The van der Waals surface area contributed by atoms with Crippen LogP contribution in [0.2, 0.25) is 0 Å². The van der Waals surface area contributed by atoms with E-state index in [0.29, 0.717) is 12.1 Å². The highest BCUT2D eigenvalue weighted by molar-refractivity contribution is 7.13. The Hall–Kier alpha value is -0.650.